The smallest absolute Gasteiger partial charge is 0.412 e. The van der Waals surface area contributed by atoms with E-state index < -0.39 is 7.57 Å². The predicted molar refractivity (Wildman–Crippen MR) is 91.3 cm³/mol. The summed E-state index contributed by atoms with van der Waals surface area (Å²) < 4.78 is 16.1. The third kappa shape index (κ3) is 2.87. The molecule has 3 aromatic rings. The van der Waals surface area contributed by atoms with Gasteiger partial charge in [-0.15, -0.1) is 0 Å². The van der Waals surface area contributed by atoms with Gasteiger partial charge in [-0.2, -0.15) is 0 Å². The number of hydrogen-bond acceptors (Lipinski definition) is 0. The van der Waals surface area contributed by atoms with Crippen molar-refractivity contribution in [1.82, 2.24) is 0 Å². The zero-order valence-corrected chi connectivity index (χ0v) is 12.5. The predicted octanol–water partition coefficient (Wildman–Crippen LogP) is 2.77. The molecule has 0 aromatic heterocycles. The van der Waals surface area contributed by atoms with Crippen LogP contribution >= 0.6 is 7.57 Å². The Bertz CT molecular complexity index is 575. The van der Waals surface area contributed by atoms with Crippen LogP contribution in [0.1, 0.15) is 0 Å². The quantitative estimate of drug-likeness (QED) is 0.666. The van der Waals surface area contributed by atoms with Gasteiger partial charge in [0.2, 0.25) is 0 Å². The molecule has 0 heterocycles. The number of benzene rings is 3. The molecule has 0 bridgehead atoms. The number of halogens is 1. The minimum absolute atomic E-state index is 0. The van der Waals surface area contributed by atoms with Crippen molar-refractivity contribution in [2.24, 2.45) is 0 Å². The maximum Gasteiger partial charge on any atom is -0.412 e. The maximum atomic E-state index is 16.1. The Labute approximate surface area is 124 Å². The molecule has 0 spiro atoms. The topological polar surface area (TPSA) is 31.5 Å². The fourth-order valence-corrected chi connectivity index (χ4v) is 5.46. The van der Waals surface area contributed by atoms with E-state index in [0.29, 0.717) is 0 Å². The zero-order chi connectivity index (χ0) is 13.8. The Morgan fingerprint density at radius 3 is 0.952 bits per heavy atom. The Morgan fingerprint density at radius 2 is 0.714 bits per heavy atom. The molecule has 2 N–H and O–H groups in total. The first-order chi connectivity index (χ1) is 9.82. The van der Waals surface area contributed by atoms with Crippen LogP contribution < -0.4 is 15.9 Å². The van der Waals surface area contributed by atoms with Gasteiger partial charge in [0.25, 0.3) is 0 Å². The van der Waals surface area contributed by atoms with Crippen molar-refractivity contribution < 1.29 is 9.67 Å². The largest absolute Gasteiger partial charge is 0.412 e. The summed E-state index contributed by atoms with van der Waals surface area (Å²) in [5, 5.41) is 2.37. The van der Waals surface area contributed by atoms with Crippen LogP contribution in [0.25, 0.3) is 0 Å². The van der Waals surface area contributed by atoms with E-state index >= 15 is 4.20 Å². The van der Waals surface area contributed by atoms with Crippen LogP contribution in [0.15, 0.2) is 91.0 Å². The van der Waals surface area contributed by atoms with Crippen molar-refractivity contribution in [3.05, 3.63) is 91.0 Å². The molecular formula is C18H18FOP. The third-order valence-electron chi connectivity index (χ3n) is 3.51. The molecule has 0 radical (unpaired) electrons. The van der Waals surface area contributed by atoms with Crippen LogP contribution in [0.3, 0.4) is 0 Å². The summed E-state index contributed by atoms with van der Waals surface area (Å²) in [6.07, 6.45) is 0. The first kappa shape index (κ1) is 15.4. The second-order valence-electron chi connectivity index (χ2n) is 4.76. The Balaban J connectivity index is 0.00000161. The van der Waals surface area contributed by atoms with E-state index in [1.807, 2.05) is 91.0 Å². The minimum atomic E-state index is -3.38. The average Bonchev–Trinajstić information content (AvgIpc) is 2.56. The molecule has 3 aromatic carbocycles. The molecule has 0 fully saturated rings. The molecule has 0 amide bonds. The van der Waals surface area contributed by atoms with Gasteiger partial charge in [0, 0.05) is 0 Å². The fourth-order valence-electron chi connectivity index (χ4n) is 2.50. The Morgan fingerprint density at radius 1 is 0.476 bits per heavy atom. The van der Waals surface area contributed by atoms with E-state index in [4.69, 9.17) is 0 Å². The molecule has 0 atom stereocenters. The van der Waals surface area contributed by atoms with E-state index in [9.17, 15) is 0 Å². The van der Waals surface area contributed by atoms with Crippen molar-refractivity contribution in [3.63, 3.8) is 0 Å². The molecule has 0 unspecified atom stereocenters. The molecule has 1 nitrogen and oxygen atoms in total. The first-order valence-corrected chi connectivity index (χ1v) is 8.55. The van der Waals surface area contributed by atoms with Gasteiger partial charge in [0.05, 0.1) is 0 Å². The SMILES string of the molecule is F[PH](c1ccccc1)(c1ccccc1)c1ccccc1.O. The van der Waals surface area contributed by atoms with E-state index in [-0.39, 0.29) is 5.48 Å². The molecule has 21 heavy (non-hydrogen) atoms. The van der Waals surface area contributed by atoms with Crippen LogP contribution in [0, 0.1) is 0 Å². The standard InChI is InChI=1S/C18H16FP.H2O/c19-20(16-10-4-1-5-11-16,17-12-6-2-7-13-17)18-14-8-3-9-15-18;/h1-15,20H;1H2. The van der Waals surface area contributed by atoms with E-state index in [0.717, 1.165) is 15.9 Å². The van der Waals surface area contributed by atoms with Crippen LogP contribution in [0.5, 0.6) is 0 Å². The summed E-state index contributed by atoms with van der Waals surface area (Å²) in [5.41, 5.74) is 0. The van der Waals surface area contributed by atoms with Crippen LogP contribution in [0.4, 0.5) is 4.20 Å². The molecule has 3 heteroatoms. The fraction of sp³-hybridized carbons (Fsp3) is 0. The summed E-state index contributed by atoms with van der Waals surface area (Å²) in [6, 6.07) is 28.6. The summed E-state index contributed by atoms with van der Waals surface area (Å²) >= 11 is 0. The van der Waals surface area contributed by atoms with Crippen molar-refractivity contribution in [2.45, 2.75) is 0 Å². The summed E-state index contributed by atoms with van der Waals surface area (Å²) in [4.78, 5) is 0. The van der Waals surface area contributed by atoms with Gasteiger partial charge in [0.15, 0.2) is 0 Å². The van der Waals surface area contributed by atoms with E-state index in [1.54, 1.807) is 0 Å². The van der Waals surface area contributed by atoms with E-state index in [1.165, 1.54) is 0 Å². The molecular weight excluding hydrogens is 282 g/mol. The van der Waals surface area contributed by atoms with Gasteiger partial charge in [-0.3, -0.25) is 0 Å². The third-order valence-corrected chi connectivity index (χ3v) is 6.90. The van der Waals surface area contributed by atoms with Crippen LogP contribution in [-0.4, -0.2) is 5.48 Å². The van der Waals surface area contributed by atoms with Gasteiger partial charge in [-0.25, -0.2) is 0 Å². The molecule has 3 rings (SSSR count). The Kier molecular flexibility index (Phi) is 4.85. The average molecular weight is 300 g/mol. The second-order valence-corrected chi connectivity index (χ2v) is 7.81. The van der Waals surface area contributed by atoms with Gasteiger partial charge in [0.1, 0.15) is 0 Å². The van der Waals surface area contributed by atoms with Crippen LogP contribution in [0.2, 0.25) is 0 Å². The number of hydrogen-bond donors (Lipinski definition) is 0. The van der Waals surface area contributed by atoms with Crippen LogP contribution in [-0.2, 0) is 0 Å². The van der Waals surface area contributed by atoms with Gasteiger partial charge in [-0.05, 0) is 0 Å². The molecule has 0 saturated heterocycles. The van der Waals surface area contributed by atoms with Gasteiger partial charge in [-0.1, -0.05) is 0 Å². The zero-order valence-electron chi connectivity index (χ0n) is 11.5. The van der Waals surface area contributed by atoms with Gasteiger partial charge >= 0.3 is 119 Å². The van der Waals surface area contributed by atoms with Crippen molar-refractivity contribution >= 4 is 23.5 Å². The summed E-state index contributed by atoms with van der Waals surface area (Å²) in [5.74, 6) is 0. The maximum absolute atomic E-state index is 16.1. The van der Waals surface area contributed by atoms with Crippen molar-refractivity contribution in [2.75, 3.05) is 0 Å². The van der Waals surface area contributed by atoms with Gasteiger partial charge < -0.3 is 5.48 Å². The first-order valence-electron chi connectivity index (χ1n) is 6.67. The van der Waals surface area contributed by atoms with E-state index in [2.05, 4.69) is 0 Å². The van der Waals surface area contributed by atoms with Crippen molar-refractivity contribution in [3.8, 4) is 0 Å². The second kappa shape index (κ2) is 6.62. The number of rotatable bonds is 3. The summed E-state index contributed by atoms with van der Waals surface area (Å²) in [6.45, 7) is 0. The molecule has 0 aliphatic rings. The molecule has 0 aliphatic carbocycles. The Hall–Kier alpha value is -2.02. The van der Waals surface area contributed by atoms with Crippen molar-refractivity contribution in [1.29, 1.82) is 0 Å². The summed E-state index contributed by atoms with van der Waals surface area (Å²) in [7, 11) is -3.38. The molecule has 0 aliphatic heterocycles. The molecule has 0 saturated carbocycles. The normalized spacial score (nSPS) is 11.5. The minimum Gasteiger partial charge on any atom is -0.412 e. The monoisotopic (exact) mass is 300 g/mol. The molecule has 108 valence electrons.